The van der Waals surface area contributed by atoms with Gasteiger partial charge in [0.15, 0.2) is 5.75 Å². The van der Waals surface area contributed by atoms with Crippen molar-refractivity contribution in [3.8, 4) is 11.5 Å². The van der Waals surface area contributed by atoms with E-state index in [1.54, 1.807) is 24.8 Å². The zero-order valence-corrected chi connectivity index (χ0v) is 11.6. The molecule has 0 aliphatic rings. The van der Waals surface area contributed by atoms with Crippen molar-refractivity contribution in [1.29, 1.82) is 0 Å². The van der Waals surface area contributed by atoms with Crippen molar-refractivity contribution in [2.75, 3.05) is 14.2 Å². The van der Waals surface area contributed by atoms with E-state index in [4.69, 9.17) is 9.47 Å². The summed E-state index contributed by atoms with van der Waals surface area (Å²) in [6.45, 7) is 0. The van der Waals surface area contributed by atoms with E-state index in [-0.39, 0.29) is 5.56 Å². The quantitative estimate of drug-likeness (QED) is 0.566. The van der Waals surface area contributed by atoms with Gasteiger partial charge in [0.1, 0.15) is 11.3 Å². The van der Waals surface area contributed by atoms with Crippen LogP contribution in [0.5, 0.6) is 11.5 Å². The van der Waals surface area contributed by atoms with Crippen LogP contribution in [0, 0.1) is 0 Å². The highest BCUT2D eigenvalue weighted by Gasteiger charge is 2.17. The van der Waals surface area contributed by atoms with Gasteiger partial charge in [-0.05, 0) is 18.2 Å². The van der Waals surface area contributed by atoms with E-state index in [1.165, 1.54) is 6.07 Å². The van der Waals surface area contributed by atoms with Gasteiger partial charge in [-0.15, -0.1) is 0 Å². The Morgan fingerprint density at radius 3 is 2.67 bits per heavy atom. The summed E-state index contributed by atoms with van der Waals surface area (Å²) in [4.78, 5) is 16.8. The lowest BCUT2D eigenvalue weighted by Gasteiger charge is -2.05. The lowest BCUT2D eigenvalue weighted by molar-refractivity contribution is 0.415. The Hall–Kier alpha value is -2.82. The highest BCUT2D eigenvalue weighted by molar-refractivity contribution is 6.14. The first-order chi connectivity index (χ1) is 10.2. The molecule has 0 saturated heterocycles. The first-order valence-electron chi connectivity index (χ1n) is 6.52. The van der Waals surface area contributed by atoms with Gasteiger partial charge in [-0.25, -0.2) is 0 Å². The fraction of sp³-hybridized carbons (Fsp3) is 0.125. The van der Waals surface area contributed by atoms with Crippen LogP contribution in [-0.2, 0) is 0 Å². The molecule has 0 unspecified atom stereocenters. The number of hydrogen-bond donors (Lipinski definition) is 0. The second kappa shape index (κ2) is 4.09. The molecule has 5 heteroatoms. The zero-order chi connectivity index (χ0) is 14.6. The molecule has 4 aromatic rings. The Balaban J connectivity index is 2.36. The molecule has 5 nitrogen and oxygen atoms in total. The minimum Gasteiger partial charge on any atom is -0.497 e. The van der Waals surface area contributed by atoms with Crippen LogP contribution in [0.25, 0.3) is 27.3 Å². The molecule has 3 heterocycles. The van der Waals surface area contributed by atoms with Gasteiger partial charge < -0.3 is 9.47 Å². The number of methoxy groups -OCH3 is 2. The average molecular weight is 280 g/mol. The van der Waals surface area contributed by atoms with Crippen LogP contribution in [0.4, 0.5) is 0 Å². The van der Waals surface area contributed by atoms with E-state index in [2.05, 4.69) is 4.98 Å². The van der Waals surface area contributed by atoms with Gasteiger partial charge in [0.05, 0.1) is 25.3 Å². The number of ether oxygens (including phenoxy) is 2. The molecule has 0 radical (unpaired) electrons. The molecule has 0 saturated carbocycles. The maximum Gasteiger partial charge on any atom is 0.259 e. The molecule has 0 aliphatic heterocycles. The number of nitrogens with zero attached hydrogens (tertiary/aromatic N) is 2. The molecule has 21 heavy (non-hydrogen) atoms. The van der Waals surface area contributed by atoms with Crippen molar-refractivity contribution in [1.82, 2.24) is 9.38 Å². The molecule has 0 spiro atoms. The van der Waals surface area contributed by atoms with Crippen LogP contribution in [0.3, 0.4) is 0 Å². The maximum absolute atomic E-state index is 12.5. The van der Waals surface area contributed by atoms with Gasteiger partial charge in [-0.3, -0.25) is 14.2 Å². The second-order valence-corrected chi connectivity index (χ2v) is 4.83. The third-order valence-electron chi connectivity index (χ3n) is 3.81. The summed E-state index contributed by atoms with van der Waals surface area (Å²) in [6.07, 6.45) is 1.73. The SMILES string of the molecule is COc1ccc2c3ccnc4c(OC)cc(=O)n(c2c1)c43. The van der Waals surface area contributed by atoms with E-state index in [0.29, 0.717) is 17.0 Å². The van der Waals surface area contributed by atoms with Crippen LogP contribution in [-0.4, -0.2) is 23.6 Å². The molecular weight excluding hydrogens is 268 g/mol. The topological polar surface area (TPSA) is 52.8 Å². The smallest absolute Gasteiger partial charge is 0.259 e. The van der Waals surface area contributed by atoms with Crippen molar-refractivity contribution in [2.45, 2.75) is 0 Å². The predicted molar refractivity (Wildman–Crippen MR) is 80.8 cm³/mol. The second-order valence-electron chi connectivity index (χ2n) is 4.83. The van der Waals surface area contributed by atoms with Gasteiger partial charge in [-0.2, -0.15) is 0 Å². The van der Waals surface area contributed by atoms with E-state index >= 15 is 0 Å². The molecule has 0 atom stereocenters. The Bertz CT molecular complexity index is 1040. The van der Waals surface area contributed by atoms with E-state index in [0.717, 1.165) is 21.8 Å². The Morgan fingerprint density at radius 2 is 1.90 bits per heavy atom. The van der Waals surface area contributed by atoms with E-state index in [9.17, 15) is 4.79 Å². The highest BCUT2D eigenvalue weighted by atomic mass is 16.5. The fourth-order valence-corrected chi connectivity index (χ4v) is 2.88. The molecule has 3 aromatic heterocycles. The fourth-order valence-electron chi connectivity index (χ4n) is 2.88. The van der Waals surface area contributed by atoms with Gasteiger partial charge in [-0.1, -0.05) is 0 Å². The minimum absolute atomic E-state index is 0.138. The van der Waals surface area contributed by atoms with Crippen LogP contribution in [0.2, 0.25) is 0 Å². The first-order valence-corrected chi connectivity index (χ1v) is 6.52. The Morgan fingerprint density at radius 1 is 1.05 bits per heavy atom. The zero-order valence-electron chi connectivity index (χ0n) is 11.6. The molecule has 0 aliphatic carbocycles. The highest BCUT2D eigenvalue weighted by Crippen LogP contribution is 2.34. The predicted octanol–water partition coefficient (Wildman–Crippen LogP) is 2.46. The lowest BCUT2D eigenvalue weighted by Crippen LogP contribution is -2.12. The molecule has 1 aromatic carbocycles. The molecule has 0 bridgehead atoms. The monoisotopic (exact) mass is 280 g/mol. The average Bonchev–Trinajstić information content (AvgIpc) is 2.86. The van der Waals surface area contributed by atoms with Gasteiger partial charge in [0.2, 0.25) is 0 Å². The Kier molecular flexibility index (Phi) is 2.33. The molecule has 0 amide bonds. The largest absolute Gasteiger partial charge is 0.497 e. The van der Waals surface area contributed by atoms with Crippen LogP contribution in [0.15, 0.2) is 41.3 Å². The molecule has 0 N–H and O–H groups in total. The number of benzene rings is 1. The Labute approximate surface area is 119 Å². The third-order valence-corrected chi connectivity index (χ3v) is 3.81. The molecule has 0 fully saturated rings. The lowest BCUT2D eigenvalue weighted by atomic mass is 10.1. The number of fused-ring (bicyclic) bond motifs is 3. The summed E-state index contributed by atoms with van der Waals surface area (Å²) < 4.78 is 12.2. The van der Waals surface area contributed by atoms with Crippen molar-refractivity contribution in [3.05, 3.63) is 46.9 Å². The van der Waals surface area contributed by atoms with Crippen LogP contribution >= 0.6 is 0 Å². The molecule has 104 valence electrons. The van der Waals surface area contributed by atoms with Crippen molar-refractivity contribution >= 4 is 27.3 Å². The first kappa shape index (κ1) is 12.0. The van der Waals surface area contributed by atoms with Gasteiger partial charge >= 0.3 is 0 Å². The van der Waals surface area contributed by atoms with Crippen molar-refractivity contribution < 1.29 is 9.47 Å². The molecule has 4 rings (SSSR count). The standard InChI is InChI=1S/C16H12N2O3/c1-20-9-3-4-10-11-5-6-17-15-13(21-2)8-14(19)18(16(11)15)12(10)7-9/h3-8H,1-2H3. The maximum atomic E-state index is 12.5. The molecular formula is C16H12N2O3. The van der Waals surface area contributed by atoms with Gasteiger partial charge in [0, 0.05) is 29.1 Å². The van der Waals surface area contributed by atoms with Crippen molar-refractivity contribution in [2.24, 2.45) is 0 Å². The summed E-state index contributed by atoms with van der Waals surface area (Å²) in [5, 5.41) is 1.97. The number of aromatic nitrogens is 2. The summed E-state index contributed by atoms with van der Waals surface area (Å²) in [5.41, 5.74) is 2.14. The third kappa shape index (κ3) is 1.45. The van der Waals surface area contributed by atoms with Gasteiger partial charge in [0.25, 0.3) is 5.56 Å². The minimum atomic E-state index is -0.138. The van der Waals surface area contributed by atoms with E-state index < -0.39 is 0 Å². The van der Waals surface area contributed by atoms with Crippen LogP contribution < -0.4 is 15.0 Å². The summed E-state index contributed by atoms with van der Waals surface area (Å²) in [7, 11) is 3.15. The summed E-state index contributed by atoms with van der Waals surface area (Å²) in [6, 6.07) is 9.09. The number of hydrogen-bond acceptors (Lipinski definition) is 4. The number of rotatable bonds is 2. The van der Waals surface area contributed by atoms with Crippen LogP contribution in [0.1, 0.15) is 0 Å². The summed E-state index contributed by atoms with van der Waals surface area (Å²) in [5.74, 6) is 1.21. The number of pyridine rings is 2. The van der Waals surface area contributed by atoms with Crippen molar-refractivity contribution in [3.63, 3.8) is 0 Å². The van der Waals surface area contributed by atoms with E-state index in [1.807, 2.05) is 24.3 Å². The summed E-state index contributed by atoms with van der Waals surface area (Å²) >= 11 is 0. The normalized spacial score (nSPS) is 11.5.